The first-order chi connectivity index (χ1) is 13.8. The third-order valence-corrected chi connectivity index (χ3v) is 5.18. The highest BCUT2D eigenvalue weighted by Gasteiger charge is 2.06. The number of allylic oxidation sites excluding steroid dienone is 4. The van der Waals surface area contributed by atoms with Crippen LogP contribution < -0.4 is 5.32 Å². The molecule has 0 radical (unpaired) electrons. The van der Waals surface area contributed by atoms with Crippen molar-refractivity contribution in [3.63, 3.8) is 0 Å². The van der Waals surface area contributed by atoms with Gasteiger partial charge in [-0.05, 0) is 57.9 Å². The van der Waals surface area contributed by atoms with Crippen molar-refractivity contribution >= 4 is 5.57 Å². The van der Waals surface area contributed by atoms with E-state index in [1.807, 2.05) is 24.5 Å². The van der Waals surface area contributed by atoms with Gasteiger partial charge < -0.3 is 5.32 Å². The second-order valence-electron chi connectivity index (χ2n) is 7.47. The van der Waals surface area contributed by atoms with E-state index in [9.17, 15) is 0 Å². The van der Waals surface area contributed by atoms with Crippen molar-refractivity contribution in [2.24, 2.45) is 5.92 Å². The Morgan fingerprint density at radius 1 is 0.786 bits per heavy atom. The molecule has 1 aliphatic rings. The standard InChI is InChI=1S/C26H26N2/c1-20-3-2-4-26(17-20)24-11-7-22(8-12-24)19-28-18-21-5-9-23(10-6-21)25-13-15-27-16-14-25/h2,4-17,20,28H,3,18-19H2,1H3. The van der Waals surface area contributed by atoms with Gasteiger partial charge >= 0.3 is 0 Å². The largest absolute Gasteiger partial charge is 0.309 e. The van der Waals surface area contributed by atoms with Gasteiger partial charge in [0.1, 0.15) is 0 Å². The van der Waals surface area contributed by atoms with Gasteiger partial charge in [-0.2, -0.15) is 0 Å². The highest BCUT2D eigenvalue weighted by atomic mass is 14.8. The minimum Gasteiger partial charge on any atom is -0.309 e. The predicted octanol–water partition coefficient (Wildman–Crippen LogP) is 6.02. The van der Waals surface area contributed by atoms with Crippen LogP contribution in [0, 0.1) is 5.92 Å². The third kappa shape index (κ3) is 4.65. The molecule has 0 saturated heterocycles. The van der Waals surface area contributed by atoms with Crippen molar-refractivity contribution in [3.05, 3.63) is 108 Å². The molecule has 140 valence electrons. The van der Waals surface area contributed by atoms with Gasteiger partial charge in [0.15, 0.2) is 0 Å². The fraction of sp³-hybridized carbons (Fsp3) is 0.192. The van der Waals surface area contributed by atoms with Crippen LogP contribution >= 0.6 is 0 Å². The Balaban J connectivity index is 1.31. The first-order valence-electron chi connectivity index (χ1n) is 9.96. The van der Waals surface area contributed by atoms with E-state index in [-0.39, 0.29) is 0 Å². The van der Waals surface area contributed by atoms with Crippen LogP contribution in [0.25, 0.3) is 16.7 Å². The van der Waals surface area contributed by atoms with Gasteiger partial charge in [0, 0.05) is 25.5 Å². The minimum absolute atomic E-state index is 0.631. The Hall–Kier alpha value is -2.97. The fourth-order valence-electron chi connectivity index (χ4n) is 3.56. The third-order valence-electron chi connectivity index (χ3n) is 5.18. The molecule has 1 N–H and O–H groups in total. The van der Waals surface area contributed by atoms with E-state index in [1.165, 1.54) is 33.4 Å². The van der Waals surface area contributed by atoms with Crippen molar-refractivity contribution < 1.29 is 0 Å². The lowest BCUT2D eigenvalue weighted by molar-refractivity contribution is 0.693. The normalized spacial score (nSPS) is 16.0. The van der Waals surface area contributed by atoms with Crippen LogP contribution in [0.2, 0.25) is 0 Å². The van der Waals surface area contributed by atoms with E-state index in [1.54, 1.807) is 0 Å². The van der Waals surface area contributed by atoms with Crippen LogP contribution in [-0.2, 0) is 13.1 Å². The number of hydrogen-bond donors (Lipinski definition) is 1. The van der Waals surface area contributed by atoms with E-state index in [0.29, 0.717) is 5.92 Å². The summed E-state index contributed by atoms with van der Waals surface area (Å²) < 4.78 is 0. The maximum Gasteiger partial charge on any atom is 0.0273 e. The Morgan fingerprint density at radius 2 is 1.36 bits per heavy atom. The molecule has 1 atom stereocenters. The Morgan fingerprint density at radius 3 is 1.96 bits per heavy atom. The molecule has 1 aliphatic carbocycles. The van der Waals surface area contributed by atoms with Gasteiger partial charge in [0.25, 0.3) is 0 Å². The molecule has 2 aromatic carbocycles. The highest BCUT2D eigenvalue weighted by Crippen LogP contribution is 2.24. The van der Waals surface area contributed by atoms with Gasteiger partial charge in [-0.25, -0.2) is 0 Å². The molecule has 3 aromatic rings. The molecular weight excluding hydrogens is 340 g/mol. The maximum absolute atomic E-state index is 4.08. The fourth-order valence-corrected chi connectivity index (χ4v) is 3.56. The van der Waals surface area contributed by atoms with Gasteiger partial charge in [-0.3, -0.25) is 4.98 Å². The van der Waals surface area contributed by atoms with Crippen LogP contribution in [0.3, 0.4) is 0 Å². The zero-order valence-corrected chi connectivity index (χ0v) is 16.3. The van der Waals surface area contributed by atoms with Crippen molar-refractivity contribution in [1.82, 2.24) is 10.3 Å². The molecule has 0 aliphatic heterocycles. The first kappa shape index (κ1) is 18.4. The molecule has 0 fully saturated rings. The smallest absolute Gasteiger partial charge is 0.0273 e. The van der Waals surface area contributed by atoms with E-state index < -0.39 is 0 Å². The van der Waals surface area contributed by atoms with Crippen LogP contribution in [0.4, 0.5) is 0 Å². The molecule has 0 bridgehead atoms. The first-order valence-corrected chi connectivity index (χ1v) is 9.96. The van der Waals surface area contributed by atoms with Crippen LogP contribution in [-0.4, -0.2) is 4.98 Å². The Labute approximate surface area is 167 Å². The summed E-state index contributed by atoms with van der Waals surface area (Å²) in [4.78, 5) is 4.08. The van der Waals surface area contributed by atoms with E-state index in [4.69, 9.17) is 0 Å². The maximum atomic E-state index is 4.08. The van der Waals surface area contributed by atoms with Crippen molar-refractivity contribution in [3.8, 4) is 11.1 Å². The summed E-state index contributed by atoms with van der Waals surface area (Å²) in [5.41, 5.74) is 7.67. The van der Waals surface area contributed by atoms with Gasteiger partial charge in [0.05, 0.1) is 0 Å². The zero-order valence-electron chi connectivity index (χ0n) is 16.3. The summed E-state index contributed by atoms with van der Waals surface area (Å²) in [5.74, 6) is 0.631. The number of benzene rings is 2. The number of nitrogens with zero attached hydrogens (tertiary/aromatic N) is 1. The molecule has 2 heteroatoms. The lowest BCUT2D eigenvalue weighted by Gasteiger charge is -2.13. The molecule has 1 aromatic heterocycles. The van der Waals surface area contributed by atoms with Crippen molar-refractivity contribution in [1.29, 1.82) is 0 Å². The summed E-state index contributed by atoms with van der Waals surface area (Å²) in [6, 6.07) is 21.7. The Bertz CT molecular complexity index is 952. The van der Waals surface area contributed by atoms with E-state index in [0.717, 1.165) is 19.5 Å². The van der Waals surface area contributed by atoms with Crippen LogP contribution in [0.15, 0.2) is 91.3 Å². The summed E-state index contributed by atoms with van der Waals surface area (Å²) in [6.07, 6.45) is 11.7. The lowest BCUT2D eigenvalue weighted by Crippen LogP contribution is -2.12. The second kappa shape index (κ2) is 8.81. The number of nitrogens with one attached hydrogen (secondary N) is 1. The van der Waals surface area contributed by atoms with Gasteiger partial charge in [-0.1, -0.05) is 73.7 Å². The molecule has 28 heavy (non-hydrogen) atoms. The quantitative estimate of drug-likeness (QED) is 0.577. The molecule has 1 heterocycles. The average molecular weight is 367 g/mol. The summed E-state index contributed by atoms with van der Waals surface area (Å²) in [7, 11) is 0. The Kier molecular flexibility index (Phi) is 5.79. The molecule has 4 rings (SSSR count). The monoisotopic (exact) mass is 366 g/mol. The van der Waals surface area contributed by atoms with Gasteiger partial charge in [0.2, 0.25) is 0 Å². The predicted molar refractivity (Wildman–Crippen MR) is 118 cm³/mol. The molecule has 1 unspecified atom stereocenters. The number of pyridine rings is 1. The molecular formula is C26H26N2. The van der Waals surface area contributed by atoms with Crippen LogP contribution in [0.1, 0.15) is 30.0 Å². The number of rotatable bonds is 6. The summed E-state index contributed by atoms with van der Waals surface area (Å²) in [6.45, 7) is 4.01. The van der Waals surface area contributed by atoms with Crippen molar-refractivity contribution in [2.45, 2.75) is 26.4 Å². The SMILES string of the molecule is CC1C=C(c2ccc(CNCc3ccc(-c4ccncc4)cc3)cc2)C=CC1. The summed E-state index contributed by atoms with van der Waals surface area (Å²) in [5, 5.41) is 3.54. The second-order valence-corrected chi connectivity index (χ2v) is 7.47. The van der Waals surface area contributed by atoms with E-state index in [2.05, 4.69) is 84.0 Å². The summed E-state index contributed by atoms with van der Waals surface area (Å²) >= 11 is 0. The molecule has 0 spiro atoms. The van der Waals surface area contributed by atoms with Gasteiger partial charge in [-0.15, -0.1) is 0 Å². The minimum atomic E-state index is 0.631. The topological polar surface area (TPSA) is 24.9 Å². The van der Waals surface area contributed by atoms with Crippen LogP contribution in [0.5, 0.6) is 0 Å². The molecule has 0 amide bonds. The molecule has 2 nitrogen and oxygen atoms in total. The number of aromatic nitrogens is 1. The average Bonchev–Trinajstić information content (AvgIpc) is 2.75. The molecule has 0 saturated carbocycles. The highest BCUT2D eigenvalue weighted by molar-refractivity contribution is 5.75. The number of hydrogen-bond acceptors (Lipinski definition) is 2. The zero-order chi connectivity index (χ0) is 19.2. The van der Waals surface area contributed by atoms with Crippen molar-refractivity contribution in [2.75, 3.05) is 0 Å². The lowest BCUT2D eigenvalue weighted by atomic mass is 9.93. The van der Waals surface area contributed by atoms with E-state index >= 15 is 0 Å².